The van der Waals surface area contributed by atoms with Gasteiger partial charge in [-0.15, -0.1) is 0 Å². The number of ether oxygens (including phenoxy) is 1. The number of aliphatic hydroxyl groups excluding tert-OH is 1. The van der Waals surface area contributed by atoms with Gasteiger partial charge in [0, 0.05) is 31.3 Å². The molecule has 1 amide bonds. The fourth-order valence-corrected chi connectivity index (χ4v) is 3.13. The first-order valence-corrected chi connectivity index (χ1v) is 10.3. The van der Waals surface area contributed by atoms with E-state index in [1.807, 2.05) is 12.1 Å². The molecule has 0 spiro atoms. The Hall–Kier alpha value is -3.23. The van der Waals surface area contributed by atoms with Crippen LogP contribution in [0.3, 0.4) is 0 Å². The summed E-state index contributed by atoms with van der Waals surface area (Å²) in [6.45, 7) is 0.824. The van der Waals surface area contributed by atoms with E-state index in [1.165, 1.54) is 12.1 Å². The molecule has 0 radical (unpaired) electrons. The molecule has 1 aromatic heterocycles. The number of anilines is 1. The predicted molar refractivity (Wildman–Crippen MR) is 119 cm³/mol. The zero-order valence-corrected chi connectivity index (χ0v) is 17.9. The molecule has 164 valence electrons. The minimum Gasteiger partial charge on any atom is -0.508 e. The van der Waals surface area contributed by atoms with Gasteiger partial charge in [0.25, 0.3) is 5.91 Å². The lowest BCUT2D eigenvalue weighted by Crippen LogP contribution is -2.28. The lowest BCUT2D eigenvalue weighted by Gasteiger charge is -2.13. The summed E-state index contributed by atoms with van der Waals surface area (Å²) < 4.78 is 7.58. The number of benzene rings is 2. The minimum absolute atomic E-state index is 0.0593. The molecule has 8 nitrogen and oxygen atoms in total. The topological polar surface area (TPSA) is 109 Å². The van der Waals surface area contributed by atoms with Crippen molar-refractivity contribution in [3.63, 3.8) is 0 Å². The lowest BCUT2D eigenvalue weighted by atomic mass is 10.2. The molecule has 31 heavy (non-hydrogen) atoms. The summed E-state index contributed by atoms with van der Waals surface area (Å²) in [6, 6.07) is 13.8. The summed E-state index contributed by atoms with van der Waals surface area (Å²) in [7, 11) is 1.68. The number of aromatic nitrogens is 2. The molecule has 0 fully saturated rings. The fraction of sp³-hybridized carbons (Fsp3) is 0.273. The fourth-order valence-electron chi connectivity index (χ4n) is 3.01. The Bertz CT molecular complexity index is 1020. The van der Waals surface area contributed by atoms with Gasteiger partial charge < -0.3 is 25.6 Å². The Balaban J connectivity index is 1.97. The number of aromatic hydroxyl groups is 1. The molecule has 3 aromatic rings. The van der Waals surface area contributed by atoms with Crippen molar-refractivity contribution in [3.8, 4) is 17.5 Å². The van der Waals surface area contributed by atoms with E-state index in [1.54, 1.807) is 35.9 Å². The summed E-state index contributed by atoms with van der Waals surface area (Å²) in [6.07, 6.45) is 1.27. The SMILES string of the molecule is CNc1nc(Oc2cccc(O)c2)n(Cc2ccc(Cl)cc2)c1C(=O)NCCCCO. The van der Waals surface area contributed by atoms with Crippen molar-refractivity contribution in [1.29, 1.82) is 0 Å². The zero-order chi connectivity index (χ0) is 22.2. The molecular formula is C22H25ClN4O4. The van der Waals surface area contributed by atoms with Gasteiger partial charge in [-0.25, -0.2) is 0 Å². The molecule has 2 aromatic carbocycles. The van der Waals surface area contributed by atoms with Crippen LogP contribution in [0.15, 0.2) is 48.5 Å². The van der Waals surface area contributed by atoms with Crippen molar-refractivity contribution in [2.45, 2.75) is 19.4 Å². The highest BCUT2D eigenvalue weighted by Crippen LogP contribution is 2.29. The van der Waals surface area contributed by atoms with Crippen LogP contribution in [0.4, 0.5) is 5.82 Å². The second-order valence-electron chi connectivity index (χ2n) is 6.84. The number of nitrogens with zero attached hydrogens (tertiary/aromatic N) is 2. The number of hydrogen-bond acceptors (Lipinski definition) is 6. The maximum absolute atomic E-state index is 13.0. The van der Waals surface area contributed by atoms with Crippen LogP contribution in [0.25, 0.3) is 0 Å². The van der Waals surface area contributed by atoms with Crippen molar-refractivity contribution >= 4 is 23.3 Å². The quantitative estimate of drug-likeness (QED) is 0.355. The van der Waals surface area contributed by atoms with Crippen LogP contribution >= 0.6 is 11.6 Å². The Labute approximate surface area is 185 Å². The van der Waals surface area contributed by atoms with Crippen LogP contribution in [0.5, 0.6) is 17.5 Å². The highest BCUT2D eigenvalue weighted by atomic mass is 35.5. The van der Waals surface area contributed by atoms with Gasteiger partial charge in [-0.1, -0.05) is 29.8 Å². The van der Waals surface area contributed by atoms with Gasteiger partial charge in [0.2, 0.25) is 0 Å². The molecule has 9 heteroatoms. The number of carbonyl (C=O) groups is 1. The van der Waals surface area contributed by atoms with Crippen molar-refractivity contribution in [2.75, 3.05) is 25.5 Å². The van der Waals surface area contributed by atoms with Crippen LogP contribution < -0.4 is 15.4 Å². The monoisotopic (exact) mass is 444 g/mol. The standard InChI is InChI=1S/C22H25ClN4O4/c1-24-20-19(21(30)25-11-2-3-12-28)27(14-15-7-9-16(23)10-8-15)22(26-20)31-18-6-4-5-17(29)13-18/h4-10,13,24,28-29H,2-3,11-12,14H2,1H3,(H,25,30). The maximum atomic E-state index is 13.0. The number of carbonyl (C=O) groups excluding carboxylic acids is 1. The molecule has 0 aliphatic carbocycles. The van der Waals surface area contributed by atoms with Crippen LogP contribution in [-0.4, -0.2) is 45.9 Å². The minimum atomic E-state index is -0.311. The van der Waals surface area contributed by atoms with Gasteiger partial charge in [-0.05, 0) is 42.7 Å². The number of imidazole rings is 1. The number of unbranched alkanes of at least 4 members (excludes halogenated alkanes) is 1. The molecule has 0 unspecified atom stereocenters. The molecule has 0 aliphatic heterocycles. The number of halogens is 1. The summed E-state index contributed by atoms with van der Waals surface area (Å²) in [5.41, 5.74) is 1.22. The average molecular weight is 445 g/mol. The first-order chi connectivity index (χ1) is 15.0. The van der Waals surface area contributed by atoms with Gasteiger partial charge in [0.05, 0.1) is 6.54 Å². The van der Waals surface area contributed by atoms with Crippen LogP contribution in [0.2, 0.25) is 5.02 Å². The third-order valence-corrected chi connectivity index (χ3v) is 4.79. The Kier molecular flexibility index (Phi) is 7.75. The van der Waals surface area contributed by atoms with E-state index in [9.17, 15) is 9.90 Å². The van der Waals surface area contributed by atoms with E-state index in [2.05, 4.69) is 15.6 Å². The van der Waals surface area contributed by atoms with Gasteiger partial charge in [-0.2, -0.15) is 4.98 Å². The van der Waals surface area contributed by atoms with E-state index < -0.39 is 0 Å². The third kappa shape index (κ3) is 5.90. The number of nitrogens with one attached hydrogen (secondary N) is 2. The van der Waals surface area contributed by atoms with Gasteiger partial charge >= 0.3 is 6.01 Å². The average Bonchev–Trinajstić information content (AvgIpc) is 3.09. The first kappa shape index (κ1) is 22.5. The van der Waals surface area contributed by atoms with Crippen LogP contribution in [0, 0.1) is 0 Å². The Morgan fingerprint density at radius 1 is 1.19 bits per heavy atom. The van der Waals surface area contributed by atoms with E-state index in [0.29, 0.717) is 48.2 Å². The van der Waals surface area contributed by atoms with Gasteiger partial charge in [-0.3, -0.25) is 9.36 Å². The number of amides is 1. The van der Waals surface area contributed by atoms with E-state index >= 15 is 0 Å². The molecule has 0 atom stereocenters. The number of hydrogen-bond donors (Lipinski definition) is 4. The molecule has 0 saturated carbocycles. The third-order valence-electron chi connectivity index (χ3n) is 4.54. The summed E-state index contributed by atoms with van der Waals surface area (Å²) in [5.74, 6) is 0.502. The normalized spacial score (nSPS) is 10.7. The van der Waals surface area contributed by atoms with Crippen molar-refractivity contribution in [2.24, 2.45) is 0 Å². The molecule has 4 N–H and O–H groups in total. The predicted octanol–water partition coefficient (Wildman–Crippen LogP) is 3.63. The van der Waals surface area contributed by atoms with Crippen LogP contribution in [0.1, 0.15) is 28.9 Å². The van der Waals surface area contributed by atoms with Gasteiger partial charge in [0.1, 0.15) is 11.5 Å². The Morgan fingerprint density at radius 3 is 2.65 bits per heavy atom. The van der Waals surface area contributed by atoms with Crippen LogP contribution in [-0.2, 0) is 6.54 Å². The molecule has 3 rings (SSSR count). The summed E-state index contributed by atoms with van der Waals surface area (Å²) >= 11 is 6.00. The maximum Gasteiger partial charge on any atom is 0.304 e. The largest absolute Gasteiger partial charge is 0.508 e. The number of rotatable bonds is 10. The lowest BCUT2D eigenvalue weighted by molar-refractivity contribution is 0.0943. The molecule has 0 bridgehead atoms. The Morgan fingerprint density at radius 2 is 1.97 bits per heavy atom. The molecular weight excluding hydrogens is 420 g/mol. The summed E-state index contributed by atoms with van der Waals surface area (Å²) in [4.78, 5) is 17.4. The highest BCUT2D eigenvalue weighted by molar-refractivity contribution is 6.30. The second-order valence-corrected chi connectivity index (χ2v) is 7.28. The second kappa shape index (κ2) is 10.7. The van der Waals surface area contributed by atoms with Crippen molar-refractivity contribution < 1.29 is 19.7 Å². The molecule has 1 heterocycles. The number of phenolic OH excluding ortho intramolecular Hbond substituents is 1. The summed E-state index contributed by atoms with van der Waals surface area (Å²) in [5, 5.41) is 25.1. The zero-order valence-electron chi connectivity index (χ0n) is 17.1. The van der Waals surface area contributed by atoms with E-state index in [4.69, 9.17) is 21.4 Å². The van der Waals surface area contributed by atoms with Crippen molar-refractivity contribution in [1.82, 2.24) is 14.9 Å². The molecule has 0 saturated heterocycles. The smallest absolute Gasteiger partial charge is 0.304 e. The first-order valence-electron chi connectivity index (χ1n) is 9.90. The van der Waals surface area contributed by atoms with E-state index in [-0.39, 0.29) is 24.3 Å². The molecule has 0 aliphatic rings. The number of phenols is 1. The van der Waals surface area contributed by atoms with Gasteiger partial charge in [0.15, 0.2) is 11.5 Å². The van der Waals surface area contributed by atoms with E-state index in [0.717, 1.165) is 5.56 Å². The highest BCUT2D eigenvalue weighted by Gasteiger charge is 2.24. The number of aliphatic hydroxyl groups is 1. The van der Waals surface area contributed by atoms with Crippen molar-refractivity contribution in [3.05, 3.63) is 64.8 Å².